The molecular weight excluding hydrogens is 326 g/mol. The van der Waals surface area contributed by atoms with Crippen molar-refractivity contribution >= 4 is 23.3 Å². The summed E-state index contributed by atoms with van der Waals surface area (Å²) in [6, 6.07) is 2.00. The lowest BCUT2D eigenvalue weighted by Crippen LogP contribution is -2.32. The summed E-state index contributed by atoms with van der Waals surface area (Å²) in [6.45, 7) is 7.76. The smallest absolute Gasteiger partial charge is 0.337 e. The molecular formula is C18H21NO4S. The molecule has 3 rings (SSSR count). The van der Waals surface area contributed by atoms with Crippen molar-refractivity contribution in [3.8, 4) is 0 Å². The molecule has 0 aliphatic carbocycles. The lowest BCUT2D eigenvalue weighted by Gasteiger charge is -2.33. The minimum absolute atomic E-state index is 0.223. The van der Waals surface area contributed by atoms with E-state index in [-0.39, 0.29) is 24.6 Å². The molecule has 0 bridgehead atoms. The van der Waals surface area contributed by atoms with Crippen molar-refractivity contribution in [1.82, 2.24) is 4.90 Å². The molecule has 6 heteroatoms. The topological polar surface area (TPSA) is 55.8 Å². The van der Waals surface area contributed by atoms with Crippen LogP contribution in [0.25, 0.3) is 0 Å². The van der Waals surface area contributed by atoms with E-state index < -0.39 is 5.92 Å². The fourth-order valence-corrected chi connectivity index (χ4v) is 4.24. The molecule has 5 nitrogen and oxygen atoms in total. The summed E-state index contributed by atoms with van der Waals surface area (Å²) in [6.07, 6.45) is -0.223. The highest BCUT2D eigenvalue weighted by atomic mass is 32.1. The third kappa shape index (κ3) is 2.55. The van der Waals surface area contributed by atoms with Crippen LogP contribution in [-0.4, -0.2) is 36.6 Å². The van der Waals surface area contributed by atoms with Gasteiger partial charge in [-0.2, -0.15) is 0 Å². The largest absolute Gasteiger partial charge is 0.460 e. The van der Waals surface area contributed by atoms with Crippen molar-refractivity contribution in [2.24, 2.45) is 0 Å². The number of cyclic esters (lactones) is 1. The van der Waals surface area contributed by atoms with Gasteiger partial charge in [-0.25, -0.2) is 9.59 Å². The highest BCUT2D eigenvalue weighted by Crippen LogP contribution is 2.46. The van der Waals surface area contributed by atoms with Crippen LogP contribution in [0, 0.1) is 6.92 Å². The van der Waals surface area contributed by atoms with Gasteiger partial charge in [0.2, 0.25) is 0 Å². The number of hydrogen-bond donors (Lipinski definition) is 0. The van der Waals surface area contributed by atoms with Crippen molar-refractivity contribution in [2.75, 3.05) is 13.7 Å². The van der Waals surface area contributed by atoms with Gasteiger partial charge in [-0.3, -0.25) is 0 Å². The first kappa shape index (κ1) is 16.8. The molecule has 0 spiro atoms. The zero-order chi connectivity index (χ0) is 17.6. The van der Waals surface area contributed by atoms with Gasteiger partial charge in [0.1, 0.15) is 6.61 Å². The van der Waals surface area contributed by atoms with E-state index in [1.54, 1.807) is 11.3 Å². The van der Waals surface area contributed by atoms with Gasteiger partial charge in [-0.15, -0.1) is 11.3 Å². The Morgan fingerprint density at radius 2 is 2.12 bits per heavy atom. The zero-order valence-electron chi connectivity index (χ0n) is 14.5. The predicted octanol–water partition coefficient (Wildman–Crippen LogP) is 3.12. The maximum Gasteiger partial charge on any atom is 0.337 e. The van der Waals surface area contributed by atoms with Crippen molar-refractivity contribution in [3.05, 3.63) is 44.4 Å². The molecule has 24 heavy (non-hydrogen) atoms. The number of likely N-dealkylation sites (N-methyl/N-ethyl adjacent to an activating group) is 1. The molecule has 0 amide bonds. The molecule has 128 valence electrons. The van der Waals surface area contributed by atoms with Crippen molar-refractivity contribution in [1.29, 1.82) is 0 Å². The quantitative estimate of drug-likeness (QED) is 0.787. The first-order valence-corrected chi connectivity index (χ1v) is 8.80. The molecule has 2 aliphatic rings. The minimum atomic E-state index is -0.419. The van der Waals surface area contributed by atoms with E-state index in [0.717, 1.165) is 21.8 Å². The van der Waals surface area contributed by atoms with Crippen LogP contribution in [0.4, 0.5) is 0 Å². The summed E-state index contributed by atoms with van der Waals surface area (Å²) >= 11 is 1.55. The van der Waals surface area contributed by atoms with E-state index >= 15 is 0 Å². The average molecular weight is 347 g/mol. The van der Waals surface area contributed by atoms with Crippen LogP contribution < -0.4 is 0 Å². The second-order valence-electron chi connectivity index (χ2n) is 6.35. The monoisotopic (exact) mass is 347 g/mol. The molecule has 1 atom stereocenters. The fourth-order valence-electron chi connectivity index (χ4n) is 3.19. The second kappa shape index (κ2) is 6.09. The van der Waals surface area contributed by atoms with Crippen molar-refractivity contribution in [2.45, 2.75) is 39.7 Å². The number of hydrogen-bond acceptors (Lipinski definition) is 6. The maximum absolute atomic E-state index is 12.8. The van der Waals surface area contributed by atoms with Crippen LogP contribution in [0.1, 0.15) is 37.1 Å². The Bertz CT molecular complexity index is 772. The Kier molecular flexibility index (Phi) is 4.25. The summed E-state index contributed by atoms with van der Waals surface area (Å²) in [7, 11) is 1.85. The molecule has 1 aromatic rings. The molecule has 0 saturated carbocycles. The SMILES string of the molecule is CC1=C(C(=O)OC(C)C)C(c2sccc2C)C2=C(COC2=O)N1C. The average Bonchev–Trinajstić information content (AvgIpc) is 3.08. The van der Waals surface area contributed by atoms with E-state index in [1.807, 2.05) is 51.1 Å². The van der Waals surface area contributed by atoms with Crippen LogP contribution in [-0.2, 0) is 19.1 Å². The standard InChI is InChI=1S/C18H21NO4S/c1-9(2)23-18(21)13-11(4)19(5)12-8-22-17(20)14(12)15(13)16-10(3)6-7-24-16/h6-7,9,15H,8H2,1-5H3. The summed E-state index contributed by atoms with van der Waals surface area (Å²) < 4.78 is 10.7. The van der Waals surface area contributed by atoms with E-state index in [1.165, 1.54) is 0 Å². The minimum Gasteiger partial charge on any atom is -0.460 e. The Morgan fingerprint density at radius 1 is 1.42 bits per heavy atom. The highest BCUT2D eigenvalue weighted by Gasteiger charge is 2.44. The Balaban J connectivity index is 2.18. The van der Waals surface area contributed by atoms with Crippen LogP contribution in [0.5, 0.6) is 0 Å². The van der Waals surface area contributed by atoms with Gasteiger partial charge >= 0.3 is 11.9 Å². The summed E-state index contributed by atoms with van der Waals surface area (Å²) in [4.78, 5) is 28.1. The molecule has 1 unspecified atom stereocenters. The van der Waals surface area contributed by atoms with Gasteiger partial charge in [0.25, 0.3) is 0 Å². The van der Waals surface area contributed by atoms with Crippen LogP contribution >= 0.6 is 11.3 Å². The Hall–Kier alpha value is -2.08. The molecule has 2 aliphatic heterocycles. The first-order valence-electron chi connectivity index (χ1n) is 7.92. The molecule has 0 radical (unpaired) electrons. The van der Waals surface area contributed by atoms with Gasteiger partial charge in [-0.1, -0.05) is 0 Å². The highest BCUT2D eigenvalue weighted by molar-refractivity contribution is 7.10. The van der Waals surface area contributed by atoms with Crippen molar-refractivity contribution in [3.63, 3.8) is 0 Å². The van der Waals surface area contributed by atoms with Gasteiger partial charge in [0, 0.05) is 17.6 Å². The maximum atomic E-state index is 12.8. The lowest BCUT2D eigenvalue weighted by atomic mass is 9.83. The van der Waals surface area contributed by atoms with E-state index in [2.05, 4.69) is 0 Å². The Morgan fingerprint density at radius 3 is 2.71 bits per heavy atom. The number of esters is 2. The molecule has 0 fully saturated rings. The summed E-state index contributed by atoms with van der Waals surface area (Å²) in [5.41, 5.74) is 3.77. The molecule has 0 saturated heterocycles. The number of rotatable bonds is 3. The number of allylic oxidation sites excluding steroid dienone is 1. The normalized spacial score (nSPS) is 20.7. The number of carbonyl (C=O) groups excluding carboxylic acids is 2. The number of thiophene rings is 1. The summed E-state index contributed by atoms with van der Waals surface area (Å²) in [5.74, 6) is -1.15. The number of aryl methyl sites for hydroxylation is 1. The van der Waals surface area contributed by atoms with Crippen LogP contribution in [0.2, 0.25) is 0 Å². The van der Waals surface area contributed by atoms with Gasteiger partial charge in [0.05, 0.1) is 28.9 Å². The third-order valence-corrected chi connectivity index (χ3v) is 5.56. The lowest BCUT2D eigenvalue weighted by molar-refractivity contribution is -0.143. The van der Waals surface area contributed by atoms with Crippen LogP contribution in [0.3, 0.4) is 0 Å². The van der Waals surface area contributed by atoms with E-state index in [4.69, 9.17) is 9.47 Å². The first-order chi connectivity index (χ1) is 11.3. The predicted molar refractivity (Wildman–Crippen MR) is 91.5 cm³/mol. The van der Waals surface area contributed by atoms with Crippen molar-refractivity contribution < 1.29 is 19.1 Å². The molecule has 0 aromatic carbocycles. The van der Waals surface area contributed by atoms with Gasteiger partial charge in [0.15, 0.2) is 0 Å². The van der Waals surface area contributed by atoms with Gasteiger partial charge < -0.3 is 14.4 Å². The second-order valence-corrected chi connectivity index (χ2v) is 7.30. The fraction of sp³-hybridized carbons (Fsp3) is 0.444. The van der Waals surface area contributed by atoms with Gasteiger partial charge in [-0.05, 0) is 44.7 Å². The van der Waals surface area contributed by atoms with E-state index in [0.29, 0.717) is 11.1 Å². The molecule has 0 N–H and O–H groups in total. The molecule has 1 aromatic heterocycles. The summed E-state index contributed by atoms with van der Waals surface area (Å²) in [5, 5.41) is 1.98. The van der Waals surface area contributed by atoms with E-state index in [9.17, 15) is 9.59 Å². The molecule has 3 heterocycles. The number of ether oxygens (including phenoxy) is 2. The zero-order valence-corrected chi connectivity index (χ0v) is 15.3. The third-order valence-electron chi connectivity index (χ3n) is 4.47. The number of carbonyl (C=O) groups is 2. The van der Waals surface area contributed by atoms with Crippen LogP contribution in [0.15, 0.2) is 34.0 Å². The number of nitrogens with zero attached hydrogens (tertiary/aromatic N) is 1. The Labute approximate surface area is 145 Å².